The van der Waals surface area contributed by atoms with Gasteiger partial charge in [-0.05, 0) is 83.5 Å². The number of aromatic nitrogens is 1. The van der Waals surface area contributed by atoms with E-state index in [0.717, 1.165) is 46.6 Å². The Balaban J connectivity index is 1.53. The fourth-order valence-electron chi connectivity index (χ4n) is 5.58. The summed E-state index contributed by atoms with van der Waals surface area (Å²) in [5.74, 6) is 0. The van der Waals surface area contributed by atoms with Gasteiger partial charge in [0.05, 0.1) is 16.3 Å². The van der Waals surface area contributed by atoms with Crippen molar-refractivity contribution in [3.8, 4) is 0 Å². The summed E-state index contributed by atoms with van der Waals surface area (Å²) in [6.45, 7) is 0. The van der Waals surface area contributed by atoms with E-state index in [9.17, 15) is 4.79 Å². The van der Waals surface area contributed by atoms with Crippen molar-refractivity contribution in [2.45, 2.75) is 25.3 Å². The number of thiazole rings is 1. The van der Waals surface area contributed by atoms with Crippen LogP contribution in [0.15, 0.2) is 105 Å². The van der Waals surface area contributed by atoms with Crippen molar-refractivity contribution in [3.63, 3.8) is 0 Å². The predicted molar refractivity (Wildman–Crippen MR) is 168 cm³/mol. The summed E-state index contributed by atoms with van der Waals surface area (Å²) in [6.07, 6.45) is 7.21. The van der Waals surface area contributed by atoms with E-state index in [4.69, 9.17) is 4.99 Å². The van der Waals surface area contributed by atoms with Gasteiger partial charge in [0.2, 0.25) is 0 Å². The Labute approximate surface area is 239 Å². The van der Waals surface area contributed by atoms with Crippen LogP contribution in [0, 0.1) is 0 Å². The van der Waals surface area contributed by atoms with Crippen molar-refractivity contribution in [1.29, 1.82) is 0 Å². The fourth-order valence-corrected chi connectivity index (χ4v) is 6.58. The van der Waals surface area contributed by atoms with Crippen LogP contribution < -0.4 is 24.7 Å². The van der Waals surface area contributed by atoms with Gasteiger partial charge >= 0.3 is 0 Å². The standard InChI is InChI=1S/C34H34N4OS/c1-36(2)27-17-13-24(14-18-27)21-26-11-8-12-29-31(26)35-34-38(32(29)25-15-19-28(20-16-25)37(3)4)33(39)30(40-34)22-23-9-6-5-7-10-23/h5-7,9-10,13-22,32H,8,11-12H2,1-4H3/b26-21+,30-22+/t32-/m0/s1. The highest BCUT2D eigenvalue weighted by Crippen LogP contribution is 2.41. The molecule has 6 rings (SSSR count). The van der Waals surface area contributed by atoms with E-state index < -0.39 is 0 Å². The number of hydrogen-bond donors (Lipinski definition) is 0. The van der Waals surface area contributed by atoms with Gasteiger partial charge in [0.25, 0.3) is 5.56 Å². The van der Waals surface area contributed by atoms with E-state index in [1.165, 1.54) is 33.7 Å². The van der Waals surface area contributed by atoms with Crippen LogP contribution in [0.2, 0.25) is 0 Å². The molecule has 2 aliphatic rings. The third-order valence-electron chi connectivity index (χ3n) is 7.71. The van der Waals surface area contributed by atoms with E-state index in [1.54, 1.807) is 0 Å². The molecule has 2 heterocycles. The minimum atomic E-state index is -0.166. The van der Waals surface area contributed by atoms with Gasteiger partial charge in [-0.25, -0.2) is 4.99 Å². The number of hydrogen-bond acceptors (Lipinski definition) is 5. The lowest BCUT2D eigenvalue weighted by molar-refractivity contribution is 0.553. The number of nitrogens with zero attached hydrogens (tertiary/aromatic N) is 4. The number of benzene rings is 3. The van der Waals surface area contributed by atoms with Crippen molar-refractivity contribution in [3.05, 3.63) is 132 Å². The van der Waals surface area contributed by atoms with Gasteiger partial charge in [-0.3, -0.25) is 9.36 Å². The van der Waals surface area contributed by atoms with Gasteiger partial charge in [0.1, 0.15) is 0 Å². The summed E-state index contributed by atoms with van der Waals surface area (Å²) >= 11 is 1.49. The molecular formula is C34H34N4OS. The molecule has 0 fully saturated rings. The monoisotopic (exact) mass is 546 g/mol. The van der Waals surface area contributed by atoms with Crippen molar-refractivity contribution in [1.82, 2.24) is 4.57 Å². The summed E-state index contributed by atoms with van der Waals surface area (Å²) in [6, 6.07) is 27.2. The molecule has 0 amide bonds. The normalized spacial score (nSPS) is 17.9. The van der Waals surface area contributed by atoms with Gasteiger partial charge in [0.15, 0.2) is 4.80 Å². The Hall–Kier alpha value is -4.16. The van der Waals surface area contributed by atoms with Crippen molar-refractivity contribution < 1.29 is 0 Å². The second kappa shape index (κ2) is 10.8. The number of anilines is 2. The molecule has 1 aromatic heterocycles. The average Bonchev–Trinajstić information content (AvgIpc) is 3.27. The van der Waals surface area contributed by atoms with Crippen LogP contribution >= 0.6 is 11.3 Å². The first-order valence-electron chi connectivity index (χ1n) is 13.7. The van der Waals surface area contributed by atoms with E-state index in [1.807, 2.05) is 55.1 Å². The molecule has 0 saturated heterocycles. The Morgan fingerprint density at radius 3 is 2.08 bits per heavy atom. The maximum atomic E-state index is 13.9. The van der Waals surface area contributed by atoms with Gasteiger partial charge in [-0.15, -0.1) is 0 Å². The maximum absolute atomic E-state index is 13.9. The summed E-state index contributed by atoms with van der Waals surface area (Å²) in [5.41, 5.74) is 9.19. The molecule has 0 saturated carbocycles. The van der Waals surface area contributed by atoms with Gasteiger partial charge in [-0.2, -0.15) is 0 Å². The first-order chi connectivity index (χ1) is 19.4. The quantitative estimate of drug-likeness (QED) is 0.327. The summed E-state index contributed by atoms with van der Waals surface area (Å²) < 4.78 is 2.64. The SMILES string of the molecule is CN(C)c1ccc(/C=C2\CCCC3=C2N=c2s/c(=C/c4ccccc4)c(=O)n2[C@H]3c2ccc(N(C)C)cc2)cc1. The molecule has 0 spiro atoms. The molecule has 3 aromatic carbocycles. The topological polar surface area (TPSA) is 40.8 Å². The highest BCUT2D eigenvalue weighted by Gasteiger charge is 2.32. The molecule has 0 bridgehead atoms. The molecule has 5 nitrogen and oxygen atoms in total. The highest BCUT2D eigenvalue weighted by atomic mass is 32.1. The zero-order chi connectivity index (χ0) is 27.8. The largest absolute Gasteiger partial charge is 0.378 e. The number of rotatable bonds is 5. The lowest BCUT2D eigenvalue weighted by Gasteiger charge is -2.31. The molecule has 1 atom stereocenters. The Kier molecular flexibility index (Phi) is 7.03. The first kappa shape index (κ1) is 26.1. The molecule has 6 heteroatoms. The van der Waals surface area contributed by atoms with Crippen LogP contribution in [0.5, 0.6) is 0 Å². The molecular weight excluding hydrogens is 512 g/mol. The van der Waals surface area contributed by atoms with Crippen LogP contribution in [-0.2, 0) is 0 Å². The molecule has 1 aliphatic carbocycles. The second-order valence-corrected chi connectivity index (χ2v) is 11.9. The van der Waals surface area contributed by atoms with Crippen LogP contribution in [0.25, 0.3) is 12.2 Å². The highest BCUT2D eigenvalue weighted by molar-refractivity contribution is 7.07. The third kappa shape index (κ3) is 4.95. The number of allylic oxidation sites excluding steroid dienone is 2. The lowest BCUT2D eigenvalue weighted by Crippen LogP contribution is -2.39. The maximum Gasteiger partial charge on any atom is 0.271 e. The first-order valence-corrected chi connectivity index (χ1v) is 14.6. The van der Waals surface area contributed by atoms with E-state index in [0.29, 0.717) is 4.53 Å². The molecule has 4 aromatic rings. The van der Waals surface area contributed by atoms with Crippen LogP contribution in [0.3, 0.4) is 0 Å². The molecule has 0 unspecified atom stereocenters. The van der Waals surface area contributed by atoms with Crippen molar-refractivity contribution in [2.75, 3.05) is 38.0 Å². The van der Waals surface area contributed by atoms with Crippen LogP contribution in [0.4, 0.5) is 11.4 Å². The number of fused-ring (bicyclic) bond motifs is 1. The fraction of sp³-hybridized carbons (Fsp3) is 0.235. The van der Waals surface area contributed by atoms with Crippen molar-refractivity contribution >= 4 is 34.9 Å². The molecule has 1 aliphatic heterocycles. The zero-order valence-electron chi connectivity index (χ0n) is 23.5. The van der Waals surface area contributed by atoms with E-state index in [-0.39, 0.29) is 11.6 Å². The van der Waals surface area contributed by atoms with Crippen LogP contribution in [0.1, 0.15) is 42.0 Å². The summed E-state index contributed by atoms with van der Waals surface area (Å²) in [4.78, 5) is 24.1. The molecule has 0 N–H and O–H groups in total. The average molecular weight is 547 g/mol. The Bertz CT molecular complexity index is 1770. The predicted octanol–water partition coefficient (Wildman–Crippen LogP) is 5.61. The van der Waals surface area contributed by atoms with E-state index >= 15 is 0 Å². The third-order valence-corrected chi connectivity index (χ3v) is 8.69. The minimum Gasteiger partial charge on any atom is -0.378 e. The second-order valence-electron chi connectivity index (χ2n) is 10.9. The van der Waals surface area contributed by atoms with Gasteiger partial charge in [-0.1, -0.05) is 65.9 Å². The smallest absolute Gasteiger partial charge is 0.271 e. The minimum absolute atomic E-state index is 0.0243. The lowest BCUT2D eigenvalue weighted by atomic mass is 9.83. The summed E-state index contributed by atoms with van der Waals surface area (Å²) in [5, 5.41) is 0. The Morgan fingerprint density at radius 2 is 1.43 bits per heavy atom. The van der Waals surface area contributed by atoms with Crippen LogP contribution in [-0.4, -0.2) is 32.8 Å². The molecule has 0 radical (unpaired) electrons. The van der Waals surface area contributed by atoms with Gasteiger partial charge in [0, 0.05) is 39.6 Å². The van der Waals surface area contributed by atoms with Crippen molar-refractivity contribution in [2.24, 2.45) is 4.99 Å². The summed E-state index contributed by atoms with van der Waals surface area (Å²) in [7, 11) is 8.21. The zero-order valence-corrected chi connectivity index (χ0v) is 24.3. The van der Waals surface area contributed by atoms with E-state index in [2.05, 4.69) is 78.5 Å². The Morgan fingerprint density at radius 1 is 0.800 bits per heavy atom. The molecule has 202 valence electrons. The molecule has 40 heavy (non-hydrogen) atoms. The van der Waals surface area contributed by atoms with Gasteiger partial charge < -0.3 is 9.80 Å².